The Labute approximate surface area is 134 Å². The summed E-state index contributed by atoms with van der Waals surface area (Å²) in [4.78, 5) is 2.11. The molecule has 4 rings (SSSR count). The number of nitrogens with zero attached hydrogens (tertiary/aromatic N) is 4. The van der Waals surface area contributed by atoms with Gasteiger partial charge in [-0.1, -0.05) is 0 Å². The SMILES string of the molecule is C[n+]1ccc2cnn(Cc3cc(C(=N)N4CCCC4)co3)c2c1. The molecule has 6 heteroatoms. The highest BCUT2D eigenvalue weighted by Crippen LogP contribution is 2.17. The lowest BCUT2D eigenvalue weighted by Gasteiger charge is -2.16. The van der Waals surface area contributed by atoms with E-state index in [1.807, 2.05) is 34.8 Å². The molecule has 4 heterocycles. The first-order chi connectivity index (χ1) is 11.2. The zero-order valence-corrected chi connectivity index (χ0v) is 13.2. The van der Waals surface area contributed by atoms with Gasteiger partial charge in [-0.15, -0.1) is 0 Å². The molecule has 0 radical (unpaired) electrons. The van der Waals surface area contributed by atoms with Crippen molar-refractivity contribution < 1.29 is 8.98 Å². The van der Waals surface area contributed by atoms with Crippen LogP contribution in [0.3, 0.4) is 0 Å². The van der Waals surface area contributed by atoms with Crippen LogP contribution in [0.25, 0.3) is 10.9 Å². The molecule has 0 unspecified atom stereocenters. The number of amidine groups is 1. The van der Waals surface area contributed by atoms with Crippen molar-refractivity contribution in [3.8, 4) is 0 Å². The summed E-state index contributed by atoms with van der Waals surface area (Å²) in [6.07, 6.45) is 9.95. The second-order valence-electron chi connectivity index (χ2n) is 6.10. The fraction of sp³-hybridized carbons (Fsp3) is 0.353. The molecule has 0 spiro atoms. The molecular weight excluding hydrogens is 290 g/mol. The Morgan fingerprint density at radius 2 is 2.22 bits per heavy atom. The number of furan rings is 1. The molecule has 1 fully saturated rings. The van der Waals surface area contributed by atoms with Crippen LogP contribution >= 0.6 is 0 Å². The fourth-order valence-corrected chi connectivity index (χ4v) is 3.10. The molecule has 6 nitrogen and oxygen atoms in total. The van der Waals surface area contributed by atoms with E-state index < -0.39 is 0 Å². The van der Waals surface area contributed by atoms with E-state index in [4.69, 9.17) is 9.83 Å². The number of aryl methyl sites for hydroxylation is 1. The monoisotopic (exact) mass is 310 g/mol. The topological polar surface area (TPSA) is 61.9 Å². The number of pyridine rings is 1. The van der Waals surface area contributed by atoms with Crippen LogP contribution in [-0.2, 0) is 13.6 Å². The van der Waals surface area contributed by atoms with Crippen LogP contribution in [0.1, 0.15) is 24.2 Å². The van der Waals surface area contributed by atoms with Gasteiger partial charge in [0.2, 0.25) is 0 Å². The lowest BCUT2D eigenvalue weighted by atomic mass is 10.2. The summed E-state index contributed by atoms with van der Waals surface area (Å²) in [6, 6.07) is 4.01. The minimum absolute atomic E-state index is 0.564. The maximum Gasteiger partial charge on any atom is 0.194 e. The van der Waals surface area contributed by atoms with Gasteiger partial charge in [0.05, 0.1) is 18.3 Å². The molecule has 0 bridgehead atoms. The molecule has 3 aromatic rings. The molecule has 0 atom stereocenters. The number of hydrogen-bond donors (Lipinski definition) is 1. The molecular formula is C17H20N5O+. The van der Waals surface area contributed by atoms with Crippen LogP contribution in [0.15, 0.2) is 41.4 Å². The smallest absolute Gasteiger partial charge is 0.194 e. The molecule has 0 aliphatic carbocycles. The molecule has 1 N–H and O–H groups in total. The molecule has 23 heavy (non-hydrogen) atoms. The quantitative estimate of drug-likeness (QED) is 0.457. The Morgan fingerprint density at radius 3 is 3.04 bits per heavy atom. The third-order valence-corrected chi connectivity index (χ3v) is 4.38. The molecule has 118 valence electrons. The van der Waals surface area contributed by atoms with Crippen molar-refractivity contribution in [2.45, 2.75) is 19.4 Å². The van der Waals surface area contributed by atoms with Crippen molar-refractivity contribution in [2.24, 2.45) is 7.05 Å². The molecule has 0 amide bonds. The van der Waals surface area contributed by atoms with Crippen LogP contribution in [0.5, 0.6) is 0 Å². The molecule has 1 aliphatic heterocycles. The minimum Gasteiger partial charge on any atom is -0.467 e. The zero-order chi connectivity index (χ0) is 15.8. The first-order valence-corrected chi connectivity index (χ1v) is 7.93. The van der Waals surface area contributed by atoms with Crippen molar-refractivity contribution in [1.82, 2.24) is 14.7 Å². The Balaban J connectivity index is 1.57. The van der Waals surface area contributed by atoms with E-state index in [-0.39, 0.29) is 0 Å². The number of hydrogen-bond acceptors (Lipinski definition) is 3. The summed E-state index contributed by atoms with van der Waals surface area (Å²) in [7, 11) is 2.00. The second-order valence-corrected chi connectivity index (χ2v) is 6.10. The Kier molecular flexibility index (Phi) is 3.37. The van der Waals surface area contributed by atoms with Gasteiger partial charge in [0, 0.05) is 24.5 Å². The Morgan fingerprint density at radius 1 is 1.39 bits per heavy atom. The predicted octanol–water partition coefficient (Wildman–Crippen LogP) is 1.92. The Bertz CT molecular complexity index is 857. The van der Waals surface area contributed by atoms with Gasteiger partial charge < -0.3 is 9.32 Å². The van der Waals surface area contributed by atoms with Gasteiger partial charge in [0.15, 0.2) is 12.4 Å². The van der Waals surface area contributed by atoms with E-state index >= 15 is 0 Å². The molecule has 1 aliphatic rings. The fourth-order valence-electron chi connectivity index (χ4n) is 3.10. The summed E-state index contributed by atoms with van der Waals surface area (Å²) in [5, 5.41) is 13.8. The van der Waals surface area contributed by atoms with Gasteiger partial charge in [-0.3, -0.25) is 10.1 Å². The first kappa shape index (κ1) is 14.0. The number of nitrogens with one attached hydrogen (secondary N) is 1. The average Bonchev–Trinajstić information content (AvgIpc) is 3.28. The van der Waals surface area contributed by atoms with Crippen LogP contribution in [0.4, 0.5) is 0 Å². The highest BCUT2D eigenvalue weighted by Gasteiger charge is 2.18. The lowest BCUT2D eigenvalue weighted by molar-refractivity contribution is -0.670. The van der Waals surface area contributed by atoms with Gasteiger partial charge in [-0.25, -0.2) is 4.57 Å². The van der Waals surface area contributed by atoms with Crippen molar-refractivity contribution in [2.75, 3.05) is 13.1 Å². The summed E-state index contributed by atoms with van der Waals surface area (Å²) in [6.45, 7) is 2.51. The van der Waals surface area contributed by atoms with Crippen molar-refractivity contribution >= 4 is 16.7 Å². The number of aromatic nitrogens is 3. The van der Waals surface area contributed by atoms with Crippen molar-refractivity contribution in [3.05, 3.63) is 48.3 Å². The van der Waals surface area contributed by atoms with Crippen LogP contribution in [0.2, 0.25) is 0 Å². The third kappa shape index (κ3) is 2.60. The first-order valence-electron chi connectivity index (χ1n) is 7.93. The van der Waals surface area contributed by atoms with Crippen molar-refractivity contribution in [3.63, 3.8) is 0 Å². The van der Waals surface area contributed by atoms with Crippen LogP contribution in [0, 0.1) is 5.41 Å². The zero-order valence-electron chi connectivity index (χ0n) is 13.2. The van der Waals surface area contributed by atoms with Gasteiger partial charge in [-0.2, -0.15) is 5.10 Å². The highest BCUT2D eigenvalue weighted by molar-refractivity contribution is 5.96. The molecule has 3 aromatic heterocycles. The Hall–Kier alpha value is -2.63. The van der Waals surface area contributed by atoms with E-state index in [1.165, 1.54) is 12.8 Å². The maximum atomic E-state index is 8.29. The largest absolute Gasteiger partial charge is 0.467 e. The maximum absolute atomic E-state index is 8.29. The molecule has 0 saturated carbocycles. The van der Waals surface area contributed by atoms with Crippen LogP contribution in [-0.4, -0.2) is 33.6 Å². The third-order valence-electron chi connectivity index (χ3n) is 4.38. The summed E-state index contributed by atoms with van der Waals surface area (Å²) >= 11 is 0. The summed E-state index contributed by atoms with van der Waals surface area (Å²) < 4.78 is 9.60. The second kappa shape index (κ2) is 5.53. The van der Waals surface area contributed by atoms with Crippen LogP contribution < -0.4 is 4.57 Å². The van der Waals surface area contributed by atoms with E-state index in [0.29, 0.717) is 12.4 Å². The predicted molar refractivity (Wildman–Crippen MR) is 86.4 cm³/mol. The standard InChI is InChI=1S/C17H20N5O/c1-20-7-4-13-9-19-22(16(13)11-20)10-15-8-14(12-23-15)17(18)21-5-2-3-6-21/h4,7-9,11-12,18H,2-3,5-6,10H2,1H3/q+1. The highest BCUT2D eigenvalue weighted by atomic mass is 16.3. The summed E-state index contributed by atoms with van der Waals surface area (Å²) in [5.41, 5.74) is 1.92. The average molecular weight is 310 g/mol. The summed E-state index contributed by atoms with van der Waals surface area (Å²) in [5.74, 6) is 1.38. The molecule has 1 saturated heterocycles. The normalized spacial score (nSPS) is 14.7. The van der Waals surface area contributed by atoms with E-state index in [2.05, 4.69) is 22.3 Å². The van der Waals surface area contributed by atoms with Gasteiger partial charge in [-0.05, 0) is 18.9 Å². The number of likely N-dealkylation sites (tertiary alicyclic amines) is 1. The van der Waals surface area contributed by atoms with Gasteiger partial charge in [0.25, 0.3) is 0 Å². The minimum atomic E-state index is 0.564. The van der Waals surface area contributed by atoms with Gasteiger partial charge in [0.1, 0.15) is 30.4 Å². The van der Waals surface area contributed by atoms with E-state index in [9.17, 15) is 0 Å². The van der Waals surface area contributed by atoms with E-state index in [0.717, 1.165) is 35.3 Å². The number of rotatable bonds is 3. The van der Waals surface area contributed by atoms with Crippen molar-refractivity contribution in [1.29, 1.82) is 5.41 Å². The molecule has 0 aromatic carbocycles. The number of fused-ring (bicyclic) bond motifs is 1. The van der Waals surface area contributed by atoms with Gasteiger partial charge >= 0.3 is 0 Å². The lowest BCUT2D eigenvalue weighted by Crippen LogP contribution is -2.27. The van der Waals surface area contributed by atoms with E-state index in [1.54, 1.807) is 6.26 Å².